The Bertz CT molecular complexity index is 969. The molecule has 0 unspecified atom stereocenters. The van der Waals surface area contributed by atoms with Gasteiger partial charge in [0.2, 0.25) is 0 Å². The molecule has 1 heterocycles. The number of nitro benzene ring substituents is 2. The molecule has 2 aromatic carbocycles. The molecule has 1 aliphatic rings. The Morgan fingerprint density at radius 1 is 0.733 bits per heavy atom. The highest BCUT2D eigenvalue weighted by atomic mass is 35.5. The Balaban J connectivity index is 1.72. The lowest BCUT2D eigenvalue weighted by molar-refractivity contribution is -0.385. The lowest BCUT2D eigenvalue weighted by atomic mass is 10.1. The number of nitrogens with zero attached hydrogens (tertiary/aromatic N) is 4. The van der Waals surface area contributed by atoms with Crippen LogP contribution in [0, 0.1) is 20.2 Å². The molecule has 1 fully saturated rings. The third-order valence-electron chi connectivity index (χ3n) is 4.64. The minimum Gasteiger partial charge on any atom is -0.335 e. The summed E-state index contributed by atoms with van der Waals surface area (Å²) in [5.74, 6) is -0.964. The van der Waals surface area contributed by atoms with Gasteiger partial charge in [-0.25, -0.2) is 0 Å². The van der Waals surface area contributed by atoms with Crippen LogP contribution in [0.15, 0.2) is 36.4 Å². The summed E-state index contributed by atoms with van der Waals surface area (Å²) in [4.78, 5) is 49.0. The molecule has 12 heteroatoms. The van der Waals surface area contributed by atoms with Crippen LogP contribution in [0.25, 0.3) is 0 Å². The van der Waals surface area contributed by atoms with Gasteiger partial charge in [0.1, 0.15) is 0 Å². The van der Waals surface area contributed by atoms with E-state index in [-0.39, 0.29) is 58.7 Å². The second kappa shape index (κ2) is 8.64. The van der Waals surface area contributed by atoms with E-state index in [4.69, 9.17) is 23.2 Å². The van der Waals surface area contributed by atoms with Gasteiger partial charge in [-0.2, -0.15) is 0 Å². The van der Waals surface area contributed by atoms with Crippen LogP contribution in [0.1, 0.15) is 20.7 Å². The van der Waals surface area contributed by atoms with E-state index in [9.17, 15) is 29.8 Å². The highest BCUT2D eigenvalue weighted by Crippen LogP contribution is 2.26. The van der Waals surface area contributed by atoms with E-state index in [1.165, 1.54) is 34.1 Å². The summed E-state index contributed by atoms with van der Waals surface area (Å²) in [6.07, 6.45) is 0. The van der Waals surface area contributed by atoms with E-state index in [1.807, 2.05) is 0 Å². The first-order valence-corrected chi connectivity index (χ1v) is 9.41. The van der Waals surface area contributed by atoms with Crippen molar-refractivity contribution in [2.24, 2.45) is 0 Å². The number of nitro groups is 2. The second-order valence-electron chi connectivity index (χ2n) is 6.43. The molecule has 0 N–H and O–H groups in total. The molecule has 0 spiro atoms. The van der Waals surface area contributed by atoms with Crippen LogP contribution in [-0.4, -0.2) is 57.6 Å². The fourth-order valence-electron chi connectivity index (χ4n) is 3.03. The Hall–Kier alpha value is -3.24. The van der Waals surface area contributed by atoms with Crippen LogP contribution in [-0.2, 0) is 0 Å². The van der Waals surface area contributed by atoms with E-state index in [0.29, 0.717) is 0 Å². The Kier molecular flexibility index (Phi) is 6.18. The summed E-state index contributed by atoms with van der Waals surface area (Å²) in [5, 5.41) is 22.1. The number of halogens is 2. The normalized spacial score (nSPS) is 13.8. The predicted octanol–water partition coefficient (Wildman–Crippen LogP) is 3.41. The van der Waals surface area contributed by atoms with Gasteiger partial charge in [0.25, 0.3) is 23.2 Å². The maximum absolute atomic E-state index is 12.7. The molecule has 1 aliphatic heterocycles. The molecule has 30 heavy (non-hydrogen) atoms. The highest BCUT2D eigenvalue weighted by Gasteiger charge is 2.29. The van der Waals surface area contributed by atoms with Gasteiger partial charge in [-0.15, -0.1) is 0 Å². The molecule has 0 bridgehead atoms. The highest BCUT2D eigenvalue weighted by molar-refractivity contribution is 6.34. The Morgan fingerprint density at radius 2 is 1.07 bits per heavy atom. The third-order valence-corrected chi connectivity index (χ3v) is 5.30. The van der Waals surface area contributed by atoms with Crippen LogP contribution in [0.4, 0.5) is 11.4 Å². The number of non-ortho nitro benzene ring substituents is 2. The fraction of sp³-hybridized carbons (Fsp3) is 0.222. The number of piperazine rings is 1. The first-order chi connectivity index (χ1) is 14.2. The van der Waals surface area contributed by atoms with Crippen molar-refractivity contribution in [2.75, 3.05) is 26.2 Å². The van der Waals surface area contributed by atoms with Gasteiger partial charge >= 0.3 is 0 Å². The van der Waals surface area contributed by atoms with Crippen molar-refractivity contribution in [1.29, 1.82) is 0 Å². The molecule has 2 aromatic rings. The molecular formula is C18H14Cl2N4O6. The van der Waals surface area contributed by atoms with E-state index in [1.54, 1.807) is 0 Å². The van der Waals surface area contributed by atoms with E-state index < -0.39 is 21.7 Å². The molecule has 0 aromatic heterocycles. The lowest BCUT2D eigenvalue weighted by Crippen LogP contribution is -2.50. The molecule has 3 rings (SSSR count). The fourth-order valence-corrected chi connectivity index (χ4v) is 3.43. The third kappa shape index (κ3) is 4.34. The predicted molar refractivity (Wildman–Crippen MR) is 108 cm³/mol. The first-order valence-electron chi connectivity index (χ1n) is 8.65. The number of carbonyl (C=O) groups is 2. The summed E-state index contributed by atoms with van der Waals surface area (Å²) in [6, 6.07) is 7.22. The van der Waals surface area contributed by atoms with Crippen LogP contribution in [0.3, 0.4) is 0 Å². The summed E-state index contributed by atoms with van der Waals surface area (Å²) in [5.41, 5.74) is -0.492. The molecule has 10 nitrogen and oxygen atoms in total. The van der Waals surface area contributed by atoms with Crippen LogP contribution in [0.2, 0.25) is 10.0 Å². The number of amides is 2. The Labute approximate surface area is 179 Å². The first kappa shape index (κ1) is 21.5. The van der Waals surface area contributed by atoms with E-state index in [0.717, 1.165) is 12.1 Å². The van der Waals surface area contributed by atoms with Gasteiger partial charge in [0.15, 0.2) is 0 Å². The summed E-state index contributed by atoms with van der Waals surface area (Å²) >= 11 is 12.1. The largest absolute Gasteiger partial charge is 0.335 e. The smallest absolute Gasteiger partial charge is 0.270 e. The van der Waals surface area contributed by atoms with Crippen molar-refractivity contribution >= 4 is 46.4 Å². The van der Waals surface area contributed by atoms with E-state index >= 15 is 0 Å². The maximum Gasteiger partial charge on any atom is 0.270 e. The van der Waals surface area contributed by atoms with Gasteiger partial charge in [-0.05, 0) is 12.1 Å². The SMILES string of the molecule is O=C(c1cc([N+](=O)[O-])ccc1Cl)N1CCN(C(=O)c2cc([N+](=O)[O-])ccc2Cl)CC1. The Morgan fingerprint density at radius 3 is 1.37 bits per heavy atom. The van der Waals surface area contributed by atoms with Crippen molar-refractivity contribution in [3.05, 3.63) is 77.8 Å². The molecule has 0 radical (unpaired) electrons. The number of rotatable bonds is 4. The van der Waals surface area contributed by atoms with Gasteiger partial charge in [-0.1, -0.05) is 23.2 Å². The van der Waals surface area contributed by atoms with Crippen LogP contribution >= 0.6 is 23.2 Å². The molecule has 1 saturated heterocycles. The standard InChI is InChI=1S/C18H14Cl2N4O6/c19-15-3-1-11(23(27)28)9-13(15)17(25)21-5-7-22(8-6-21)18(26)14-10-12(24(29)30)2-4-16(14)20/h1-4,9-10H,5-8H2. The zero-order chi connectivity index (χ0) is 22.0. The lowest BCUT2D eigenvalue weighted by Gasteiger charge is -2.35. The van der Waals surface area contributed by atoms with Gasteiger partial charge in [-0.3, -0.25) is 29.8 Å². The summed E-state index contributed by atoms with van der Waals surface area (Å²) < 4.78 is 0. The topological polar surface area (TPSA) is 127 Å². The van der Waals surface area contributed by atoms with Crippen LogP contribution < -0.4 is 0 Å². The average molecular weight is 453 g/mol. The molecule has 0 atom stereocenters. The average Bonchev–Trinajstić information content (AvgIpc) is 2.73. The van der Waals surface area contributed by atoms with Crippen molar-refractivity contribution in [3.8, 4) is 0 Å². The van der Waals surface area contributed by atoms with Crippen molar-refractivity contribution in [2.45, 2.75) is 0 Å². The summed E-state index contributed by atoms with van der Waals surface area (Å²) in [7, 11) is 0. The molecule has 2 amide bonds. The number of hydrogen-bond donors (Lipinski definition) is 0. The minimum atomic E-state index is -0.619. The van der Waals surface area contributed by atoms with Gasteiger partial charge < -0.3 is 9.80 Å². The second-order valence-corrected chi connectivity index (χ2v) is 7.24. The number of benzene rings is 2. The zero-order valence-corrected chi connectivity index (χ0v) is 16.8. The molecule has 0 saturated carbocycles. The molecular weight excluding hydrogens is 439 g/mol. The zero-order valence-electron chi connectivity index (χ0n) is 15.3. The number of carbonyl (C=O) groups excluding carboxylic acids is 2. The molecule has 156 valence electrons. The van der Waals surface area contributed by atoms with Gasteiger partial charge in [0.05, 0.1) is 31.0 Å². The van der Waals surface area contributed by atoms with Crippen molar-refractivity contribution < 1.29 is 19.4 Å². The monoisotopic (exact) mass is 452 g/mol. The maximum atomic E-state index is 12.7. The van der Waals surface area contributed by atoms with Crippen molar-refractivity contribution in [3.63, 3.8) is 0 Å². The molecule has 0 aliphatic carbocycles. The number of hydrogen-bond acceptors (Lipinski definition) is 6. The minimum absolute atomic E-state index is 0.00683. The van der Waals surface area contributed by atoms with Gasteiger partial charge in [0, 0.05) is 50.4 Å². The van der Waals surface area contributed by atoms with E-state index in [2.05, 4.69) is 0 Å². The quantitative estimate of drug-likeness (QED) is 0.516. The van der Waals surface area contributed by atoms with Crippen LogP contribution in [0.5, 0.6) is 0 Å². The van der Waals surface area contributed by atoms with Crippen molar-refractivity contribution in [1.82, 2.24) is 9.80 Å². The summed E-state index contributed by atoms with van der Waals surface area (Å²) in [6.45, 7) is 0.651.